The van der Waals surface area contributed by atoms with Crippen LogP contribution in [0.15, 0.2) is 42.5 Å². The maximum absolute atomic E-state index is 12.6. The molecule has 0 unspecified atom stereocenters. The third-order valence-corrected chi connectivity index (χ3v) is 6.66. The Bertz CT molecular complexity index is 1090. The summed E-state index contributed by atoms with van der Waals surface area (Å²) in [6, 6.07) is 11.9. The van der Waals surface area contributed by atoms with Gasteiger partial charge >= 0.3 is 0 Å². The van der Waals surface area contributed by atoms with Crippen molar-refractivity contribution in [2.75, 3.05) is 23.7 Å². The summed E-state index contributed by atoms with van der Waals surface area (Å²) in [5.74, 6) is -0.356. The molecule has 2 aromatic carbocycles. The van der Waals surface area contributed by atoms with Gasteiger partial charge in [-0.15, -0.1) is 0 Å². The van der Waals surface area contributed by atoms with E-state index in [1.807, 2.05) is 24.3 Å². The van der Waals surface area contributed by atoms with Crippen molar-refractivity contribution < 1.29 is 18.0 Å². The molecule has 1 aliphatic heterocycles. The van der Waals surface area contributed by atoms with Crippen molar-refractivity contribution in [3.05, 3.63) is 63.6 Å². The standard InChI is InChI=1S/C21H23Cl2N3O4S/c1-31(29,30)26(19-9-8-17(22)11-18(19)23)14-20(27)24-12-15-5-2-3-6-16(15)13-25-10-4-7-21(25)28/h2-3,5-6,8-9,11H,4,7,10,12-14H2,1H3,(H,24,27). The van der Waals surface area contributed by atoms with Crippen LogP contribution in [0.5, 0.6) is 0 Å². The van der Waals surface area contributed by atoms with Gasteiger partial charge in [-0.1, -0.05) is 47.5 Å². The van der Waals surface area contributed by atoms with Crippen LogP contribution in [0.1, 0.15) is 24.0 Å². The number of rotatable bonds is 8. The summed E-state index contributed by atoms with van der Waals surface area (Å²) < 4.78 is 25.5. The number of amides is 2. The van der Waals surface area contributed by atoms with Gasteiger partial charge in [0.1, 0.15) is 6.54 Å². The molecule has 0 atom stereocenters. The first-order valence-electron chi connectivity index (χ1n) is 9.69. The molecular formula is C21H23Cl2N3O4S. The van der Waals surface area contributed by atoms with Gasteiger partial charge in [0, 0.05) is 31.1 Å². The molecule has 31 heavy (non-hydrogen) atoms. The monoisotopic (exact) mass is 483 g/mol. The molecule has 1 aliphatic rings. The maximum Gasteiger partial charge on any atom is 0.241 e. The lowest BCUT2D eigenvalue weighted by Gasteiger charge is -2.23. The first-order valence-corrected chi connectivity index (χ1v) is 12.3. The minimum atomic E-state index is -3.76. The van der Waals surface area contributed by atoms with Crippen LogP contribution < -0.4 is 9.62 Å². The van der Waals surface area contributed by atoms with E-state index in [9.17, 15) is 18.0 Å². The number of carbonyl (C=O) groups is 2. The number of benzene rings is 2. The summed E-state index contributed by atoms with van der Waals surface area (Å²) in [5, 5.41) is 3.25. The van der Waals surface area contributed by atoms with Crippen LogP contribution in [-0.4, -0.2) is 44.5 Å². The Balaban J connectivity index is 1.69. The summed E-state index contributed by atoms with van der Waals surface area (Å²) in [4.78, 5) is 26.3. The highest BCUT2D eigenvalue weighted by Crippen LogP contribution is 2.30. The maximum atomic E-state index is 12.6. The van der Waals surface area contributed by atoms with Gasteiger partial charge < -0.3 is 10.2 Å². The summed E-state index contributed by atoms with van der Waals surface area (Å²) >= 11 is 12.0. The van der Waals surface area contributed by atoms with Gasteiger partial charge in [0.15, 0.2) is 0 Å². The first-order chi connectivity index (χ1) is 14.6. The number of hydrogen-bond donors (Lipinski definition) is 1. The fraction of sp³-hybridized carbons (Fsp3) is 0.333. The van der Waals surface area contributed by atoms with E-state index in [4.69, 9.17) is 23.2 Å². The van der Waals surface area contributed by atoms with E-state index in [2.05, 4.69) is 5.32 Å². The lowest BCUT2D eigenvalue weighted by molar-refractivity contribution is -0.128. The Hall–Kier alpha value is -2.29. The predicted octanol–water partition coefficient (Wildman–Crippen LogP) is 3.20. The van der Waals surface area contributed by atoms with Crippen molar-refractivity contribution in [3.8, 4) is 0 Å². The van der Waals surface area contributed by atoms with Gasteiger partial charge in [0.25, 0.3) is 0 Å². The van der Waals surface area contributed by atoms with E-state index < -0.39 is 22.5 Å². The number of halogens is 2. The second-order valence-corrected chi connectivity index (χ2v) is 10.1. The fourth-order valence-electron chi connectivity index (χ4n) is 3.41. The molecular weight excluding hydrogens is 461 g/mol. The van der Waals surface area contributed by atoms with Gasteiger partial charge in [-0.05, 0) is 35.7 Å². The van der Waals surface area contributed by atoms with Gasteiger partial charge in [-0.3, -0.25) is 13.9 Å². The minimum Gasteiger partial charge on any atom is -0.350 e. The molecule has 2 aromatic rings. The molecule has 0 aliphatic carbocycles. The van der Waals surface area contributed by atoms with Gasteiger partial charge in [-0.25, -0.2) is 8.42 Å². The summed E-state index contributed by atoms with van der Waals surface area (Å²) in [6.45, 7) is 1.00. The molecule has 7 nitrogen and oxygen atoms in total. The highest BCUT2D eigenvalue weighted by molar-refractivity contribution is 7.92. The van der Waals surface area contributed by atoms with Crippen LogP contribution >= 0.6 is 23.2 Å². The van der Waals surface area contributed by atoms with Crippen LogP contribution in [0.2, 0.25) is 10.0 Å². The second kappa shape index (κ2) is 9.89. The van der Waals surface area contributed by atoms with Crippen LogP contribution in [-0.2, 0) is 32.7 Å². The largest absolute Gasteiger partial charge is 0.350 e. The molecule has 2 amide bonds. The topological polar surface area (TPSA) is 86.8 Å². The number of likely N-dealkylation sites (tertiary alicyclic amines) is 1. The Kier molecular flexibility index (Phi) is 7.46. The molecule has 1 N–H and O–H groups in total. The minimum absolute atomic E-state index is 0.127. The van der Waals surface area contributed by atoms with Crippen LogP contribution in [0.3, 0.4) is 0 Å². The normalized spacial score (nSPS) is 14.0. The summed E-state index contributed by atoms with van der Waals surface area (Å²) in [7, 11) is -3.76. The van der Waals surface area contributed by atoms with Crippen molar-refractivity contribution in [1.82, 2.24) is 10.2 Å². The van der Waals surface area contributed by atoms with Crippen LogP contribution in [0, 0.1) is 0 Å². The molecule has 0 radical (unpaired) electrons. The van der Waals surface area contributed by atoms with Crippen molar-refractivity contribution in [2.24, 2.45) is 0 Å². The molecule has 3 rings (SSSR count). The zero-order chi connectivity index (χ0) is 22.6. The van der Waals surface area contributed by atoms with E-state index in [-0.39, 0.29) is 23.2 Å². The van der Waals surface area contributed by atoms with Gasteiger partial charge in [-0.2, -0.15) is 0 Å². The van der Waals surface area contributed by atoms with E-state index in [1.54, 1.807) is 4.90 Å². The summed E-state index contributed by atoms with van der Waals surface area (Å²) in [5.41, 5.74) is 1.99. The number of anilines is 1. The third-order valence-electron chi connectivity index (χ3n) is 4.99. The molecule has 0 aromatic heterocycles. The van der Waals surface area contributed by atoms with Gasteiger partial charge in [0.05, 0.1) is 17.0 Å². The zero-order valence-corrected chi connectivity index (χ0v) is 19.3. The second-order valence-electron chi connectivity index (χ2n) is 7.33. The number of hydrogen-bond acceptors (Lipinski definition) is 4. The fourth-order valence-corrected chi connectivity index (χ4v) is 4.83. The Morgan fingerprint density at radius 1 is 1.16 bits per heavy atom. The Labute approximate surface area is 192 Å². The number of nitrogens with zero attached hydrogens (tertiary/aromatic N) is 2. The number of sulfonamides is 1. The molecule has 166 valence electrons. The molecule has 0 bridgehead atoms. The third kappa shape index (κ3) is 6.12. The van der Waals surface area contributed by atoms with Crippen molar-refractivity contribution in [3.63, 3.8) is 0 Å². The highest BCUT2D eigenvalue weighted by atomic mass is 35.5. The molecule has 1 saturated heterocycles. The molecule has 0 spiro atoms. The lowest BCUT2D eigenvalue weighted by atomic mass is 10.1. The van der Waals surface area contributed by atoms with Gasteiger partial charge in [0.2, 0.25) is 21.8 Å². The van der Waals surface area contributed by atoms with E-state index in [1.165, 1.54) is 18.2 Å². The summed E-state index contributed by atoms with van der Waals surface area (Å²) in [6.07, 6.45) is 2.42. The zero-order valence-electron chi connectivity index (χ0n) is 17.0. The lowest BCUT2D eigenvalue weighted by Crippen LogP contribution is -2.40. The average Bonchev–Trinajstić information content (AvgIpc) is 3.10. The number of nitrogens with one attached hydrogen (secondary N) is 1. The van der Waals surface area contributed by atoms with E-state index >= 15 is 0 Å². The van der Waals surface area contributed by atoms with Crippen LogP contribution in [0.25, 0.3) is 0 Å². The quantitative estimate of drug-likeness (QED) is 0.624. The average molecular weight is 484 g/mol. The number of carbonyl (C=O) groups excluding carboxylic acids is 2. The van der Waals surface area contributed by atoms with Crippen molar-refractivity contribution >= 4 is 50.7 Å². The molecule has 1 heterocycles. The van der Waals surface area contributed by atoms with E-state index in [0.717, 1.165) is 34.7 Å². The molecule has 10 heteroatoms. The molecule has 1 fully saturated rings. The molecule has 0 saturated carbocycles. The van der Waals surface area contributed by atoms with Crippen molar-refractivity contribution in [2.45, 2.75) is 25.9 Å². The SMILES string of the molecule is CS(=O)(=O)N(CC(=O)NCc1ccccc1CN1CCCC1=O)c1ccc(Cl)cc1Cl. The smallest absolute Gasteiger partial charge is 0.241 e. The predicted molar refractivity (Wildman–Crippen MR) is 122 cm³/mol. The van der Waals surface area contributed by atoms with E-state index in [0.29, 0.717) is 18.0 Å². The van der Waals surface area contributed by atoms with Crippen LogP contribution in [0.4, 0.5) is 5.69 Å². The first kappa shape index (κ1) is 23.4. The Morgan fingerprint density at radius 3 is 2.48 bits per heavy atom. The van der Waals surface area contributed by atoms with Crippen molar-refractivity contribution in [1.29, 1.82) is 0 Å². The highest BCUT2D eigenvalue weighted by Gasteiger charge is 2.24. The Morgan fingerprint density at radius 2 is 1.87 bits per heavy atom.